The molecule has 21 heavy (non-hydrogen) atoms. The van der Waals surface area contributed by atoms with E-state index in [1.54, 1.807) is 13.3 Å². The van der Waals surface area contributed by atoms with E-state index in [4.69, 9.17) is 15.2 Å². The summed E-state index contributed by atoms with van der Waals surface area (Å²) in [6, 6.07) is 0. The number of hydrogen-bond acceptors (Lipinski definition) is 7. The molecular weight excluding hydrogens is 292 g/mol. The van der Waals surface area contributed by atoms with E-state index >= 15 is 0 Å². The van der Waals surface area contributed by atoms with Crippen LogP contribution in [0.15, 0.2) is 6.20 Å². The molecule has 1 fully saturated rings. The Bertz CT molecular complexity index is 709. The topological polar surface area (TPSA) is 90.6 Å². The molecule has 2 aromatic heterocycles. The predicted molar refractivity (Wildman–Crippen MR) is 80.1 cm³/mol. The second-order valence-corrected chi connectivity index (χ2v) is 6.22. The molecule has 3 rings (SSSR count). The number of rotatable bonds is 4. The van der Waals surface area contributed by atoms with Crippen LogP contribution < -0.4 is 15.4 Å². The highest BCUT2D eigenvalue weighted by Crippen LogP contribution is 2.39. The van der Waals surface area contributed by atoms with Gasteiger partial charge >= 0.3 is 0 Å². The van der Waals surface area contributed by atoms with Crippen molar-refractivity contribution in [2.45, 2.75) is 12.5 Å². The molecule has 0 radical (unpaired) electrons. The fraction of sp³-hybridized carbons (Fsp3) is 0.462. The molecule has 0 spiro atoms. The Morgan fingerprint density at radius 3 is 2.76 bits per heavy atom. The normalized spacial score (nSPS) is 16.8. The van der Waals surface area contributed by atoms with Crippen LogP contribution in [0, 0.1) is 0 Å². The number of nitrogens with two attached hydrogens (primary N) is 1. The number of methoxy groups -OCH3 is 2. The maximum Gasteiger partial charge on any atom is 0.277 e. The molecule has 1 amide bonds. The number of ether oxygens (including phenoxy) is 2. The van der Waals surface area contributed by atoms with Gasteiger partial charge in [-0.3, -0.25) is 4.79 Å². The molecule has 0 saturated carbocycles. The van der Waals surface area contributed by atoms with Crippen molar-refractivity contribution in [1.82, 2.24) is 9.97 Å². The number of hydrogen-bond donors (Lipinski definition) is 1. The van der Waals surface area contributed by atoms with E-state index in [2.05, 4.69) is 21.8 Å². The summed E-state index contributed by atoms with van der Waals surface area (Å²) in [5.41, 5.74) is 6.66. The van der Waals surface area contributed by atoms with Crippen molar-refractivity contribution in [1.29, 1.82) is 0 Å². The zero-order chi connectivity index (χ0) is 15.2. The summed E-state index contributed by atoms with van der Waals surface area (Å²) in [6.07, 6.45) is 1.74. The maximum atomic E-state index is 11.4. The largest absolute Gasteiger partial charge is 0.479 e. The fourth-order valence-electron chi connectivity index (χ4n) is 2.42. The zero-order valence-electron chi connectivity index (χ0n) is 12.0. The standard InChI is InChI=1S/C13H16N4O3S/c1-13(20-3)5-17(6-13)7-4-15-11(19-2)8-9(7)21-12(16-8)10(14)18/h4H,5-6H2,1-3H3,(H2,14,18). The highest BCUT2D eigenvalue weighted by molar-refractivity contribution is 7.21. The molecule has 1 aliphatic heterocycles. The van der Waals surface area contributed by atoms with E-state index in [9.17, 15) is 4.79 Å². The predicted octanol–water partition coefficient (Wildman–Crippen LogP) is 1.02. The van der Waals surface area contributed by atoms with Gasteiger partial charge in [0.05, 0.1) is 29.3 Å². The summed E-state index contributed by atoms with van der Waals surface area (Å²) < 4.78 is 11.5. The van der Waals surface area contributed by atoms with Gasteiger partial charge in [-0.15, -0.1) is 11.3 Å². The third-order valence-electron chi connectivity index (χ3n) is 3.65. The third kappa shape index (κ3) is 2.20. The fourth-order valence-corrected chi connectivity index (χ4v) is 3.37. The maximum absolute atomic E-state index is 11.4. The summed E-state index contributed by atoms with van der Waals surface area (Å²) >= 11 is 1.26. The molecule has 0 aliphatic carbocycles. The second kappa shape index (κ2) is 4.81. The van der Waals surface area contributed by atoms with Crippen LogP contribution in [0.1, 0.15) is 16.7 Å². The van der Waals surface area contributed by atoms with E-state index in [-0.39, 0.29) is 10.6 Å². The summed E-state index contributed by atoms with van der Waals surface area (Å²) in [5.74, 6) is -0.151. The van der Waals surface area contributed by atoms with Crippen LogP contribution in [-0.2, 0) is 4.74 Å². The molecule has 1 aliphatic rings. The Labute approximate surface area is 125 Å². The van der Waals surface area contributed by atoms with E-state index in [1.165, 1.54) is 18.4 Å². The monoisotopic (exact) mass is 308 g/mol. The summed E-state index contributed by atoms with van der Waals surface area (Å²) in [4.78, 5) is 22.0. The molecule has 2 aromatic rings. The van der Waals surface area contributed by atoms with Crippen molar-refractivity contribution < 1.29 is 14.3 Å². The number of aromatic nitrogens is 2. The van der Waals surface area contributed by atoms with Gasteiger partial charge < -0.3 is 20.1 Å². The smallest absolute Gasteiger partial charge is 0.277 e. The quantitative estimate of drug-likeness (QED) is 0.907. The van der Waals surface area contributed by atoms with E-state index < -0.39 is 5.91 Å². The first-order valence-corrected chi connectivity index (χ1v) is 7.22. The van der Waals surface area contributed by atoms with E-state index in [1.807, 2.05) is 0 Å². The highest BCUT2D eigenvalue weighted by atomic mass is 32.1. The van der Waals surface area contributed by atoms with Crippen LogP contribution in [-0.4, -0.2) is 48.8 Å². The minimum absolute atomic E-state index is 0.149. The number of anilines is 1. The van der Waals surface area contributed by atoms with Crippen LogP contribution in [0.25, 0.3) is 10.2 Å². The lowest BCUT2D eigenvalue weighted by Gasteiger charge is -2.48. The minimum atomic E-state index is -0.547. The number of fused-ring (bicyclic) bond motifs is 1. The first-order chi connectivity index (χ1) is 9.97. The molecule has 0 aromatic carbocycles. The summed E-state index contributed by atoms with van der Waals surface area (Å²) in [6.45, 7) is 3.58. The third-order valence-corrected chi connectivity index (χ3v) is 4.75. The highest BCUT2D eigenvalue weighted by Gasteiger charge is 2.40. The first-order valence-electron chi connectivity index (χ1n) is 6.41. The van der Waals surface area contributed by atoms with Gasteiger partial charge in [-0.2, -0.15) is 0 Å². The summed E-state index contributed by atoms with van der Waals surface area (Å²) in [5, 5.41) is 0.257. The van der Waals surface area contributed by atoms with Crippen LogP contribution in [0.3, 0.4) is 0 Å². The van der Waals surface area contributed by atoms with E-state index in [0.29, 0.717) is 11.4 Å². The average molecular weight is 308 g/mol. The van der Waals surface area contributed by atoms with Gasteiger partial charge in [0.25, 0.3) is 5.91 Å². The molecule has 3 heterocycles. The Balaban J connectivity index is 2.06. The number of amides is 1. The molecular formula is C13H16N4O3S. The second-order valence-electron chi connectivity index (χ2n) is 5.22. The molecule has 2 N–H and O–H groups in total. The number of carbonyl (C=O) groups is 1. The van der Waals surface area contributed by atoms with Crippen molar-refractivity contribution in [3.63, 3.8) is 0 Å². The number of primary amides is 1. The molecule has 112 valence electrons. The lowest BCUT2D eigenvalue weighted by molar-refractivity contribution is -0.0166. The Hall–Kier alpha value is -1.93. The van der Waals surface area contributed by atoms with Crippen molar-refractivity contribution >= 4 is 33.1 Å². The van der Waals surface area contributed by atoms with Gasteiger partial charge in [-0.05, 0) is 6.92 Å². The Morgan fingerprint density at radius 2 is 2.19 bits per heavy atom. The zero-order valence-corrected chi connectivity index (χ0v) is 12.9. The van der Waals surface area contributed by atoms with Gasteiger partial charge in [-0.1, -0.05) is 0 Å². The van der Waals surface area contributed by atoms with Crippen LogP contribution in [0.5, 0.6) is 5.88 Å². The minimum Gasteiger partial charge on any atom is -0.479 e. The molecule has 0 atom stereocenters. The Kier molecular flexibility index (Phi) is 3.22. The summed E-state index contributed by atoms with van der Waals surface area (Å²) in [7, 11) is 3.23. The molecule has 0 bridgehead atoms. The Morgan fingerprint density at radius 1 is 1.48 bits per heavy atom. The lowest BCUT2D eigenvalue weighted by atomic mass is 9.96. The van der Waals surface area contributed by atoms with Crippen molar-refractivity contribution in [3.8, 4) is 5.88 Å². The van der Waals surface area contributed by atoms with Crippen LogP contribution in [0.2, 0.25) is 0 Å². The van der Waals surface area contributed by atoms with Gasteiger partial charge in [0, 0.05) is 20.2 Å². The SMILES string of the molecule is COc1ncc(N2CC(C)(OC)C2)c2sc(C(N)=O)nc12. The van der Waals surface area contributed by atoms with Gasteiger partial charge in [0.1, 0.15) is 5.52 Å². The number of carbonyl (C=O) groups excluding carboxylic acids is 1. The molecule has 8 heteroatoms. The van der Waals surface area contributed by atoms with Crippen molar-refractivity contribution in [2.75, 3.05) is 32.2 Å². The lowest BCUT2D eigenvalue weighted by Crippen LogP contribution is -2.61. The van der Waals surface area contributed by atoms with Gasteiger partial charge in [-0.25, -0.2) is 9.97 Å². The molecule has 1 saturated heterocycles. The molecule has 7 nitrogen and oxygen atoms in total. The average Bonchev–Trinajstić information content (AvgIpc) is 2.88. The van der Waals surface area contributed by atoms with E-state index in [0.717, 1.165) is 23.5 Å². The van der Waals surface area contributed by atoms with Crippen molar-refractivity contribution in [2.24, 2.45) is 5.73 Å². The van der Waals surface area contributed by atoms with Crippen molar-refractivity contribution in [3.05, 3.63) is 11.2 Å². The number of thiazole rings is 1. The van der Waals surface area contributed by atoms with Crippen LogP contribution >= 0.6 is 11.3 Å². The molecule has 0 unspecified atom stereocenters. The first kappa shape index (κ1) is 14.0. The number of nitrogens with zero attached hydrogens (tertiary/aromatic N) is 3. The van der Waals surface area contributed by atoms with Crippen LogP contribution in [0.4, 0.5) is 5.69 Å². The van der Waals surface area contributed by atoms with Gasteiger partial charge in [0.2, 0.25) is 5.88 Å². The number of pyridine rings is 1. The van der Waals surface area contributed by atoms with Gasteiger partial charge in [0.15, 0.2) is 5.01 Å².